The maximum atomic E-state index is 13.3. The molecule has 0 bridgehead atoms. The fourth-order valence-electron chi connectivity index (χ4n) is 6.60. The average molecular weight is 565 g/mol. The molecule has 0 spiro atoms. The number of imidazole rings is 1. The summed E-state index contributed by atoms with van der Waals surface area (Å²) in [6, 6.07) is 13.4. The van der Waals surface area contributed by atoms with Crippen LogP contribution in [0.1, 0.15) is 91.5 Å². The van der Waals surface area contributed by atoms with Crippen molar-refractivity contribution >= 4 is 27.0 Å². The van der Waals surface area contributed by atoms with E-state index in [0.29, 0.717) is 36.1 Å². The summed E-state index contributed by atoms with van der Waals surface area (Å²) in [6.07, 6.45) is 9.54. The molecule has 2 aromatic carbocycles. The number of hydrogen-bond acceptors (Lipinski definition) is 5. The fraction of sp³-hybridized carbons (Fsp3) is 0.548. The first kappa shape index (κ1) is 27.4. The Labute approximate surface area is 237 Å². The van der Waals surface area contributed by atoms with Crippen LogP contribution in [0.2, 0.25) is 0 Å². The third-order valence-electron chi connectivity index (χ3n) is 8.91. The summed E-state index contributed by atoms with van der Waals surface area (Å²) in [5, 5.41) is 3.03. The molecule has 40 heavy (non-hydrogen) atoms. The van der Waals surface area contributed by atoms with Gasteiger partial charge in [0.25, 0.3) is 5.91 Å². The van der Waals surface area contributed by atoms with Gasteiger partial charge in [-0.25, -0.2) is 13.4 Å². The van der Waals surface area contributed by atoms with Gasteiger partial charge in [0.1, 0.15) is 5.82 Å². The van der Waals surface area contributed by atoms with Crippen LogP contribution in [0.15, 0.2) is 47.4 Å². The molecule has 3 aromatic rings. The van der Waals surface area contributed by atoms with Crippen LogP contribution in [0.25, 0.3) is 11.0 Å². The quantitative estimate of drug-likeness (QED) is 0.419. The van der Waals surface area contributed by atoms with Gasteiger partial charge in [-0.3, -0.25) is 4.79 Å². The van der Waals surface area contributed by atoms with E-state index in [0.717, 1.165) is 67.6 Å². The number of rotatable bonds is 7. The van der Waals surface area contributed by atoms with Crippen LogP contribution in [0.3, 0.4) is 0 Å². The van der Waals surface area contributed by atoms with E-state index < -0.39 is 10.0 Å². The van der Waals surface area contributed by atoms with E-state index in [4.69, 9.17) is 9.72 Å². The van der Waals surface area contributed by atoms with Crippen molar-refractivity contribution in [2.45, 2.75) is 87.7 Å². The lowest BCUT2D eigenvalue weighted by molar-refractivity contribution is 0.0858. The SMILES string of the molecule is Cc1ccc(S(=O)(=O)N2CCC(c3nc4cc(C(=O)NC[C@@H]5CCCO5)ccc4n3C3CCCCC3)CC2)cc1. The molecule has 3 fully saturated rings. The number of hydrogen-bond donors (Lipinski definition) is 1. The number of carbonyl (C=O) groups excluding carboxylic acids is 1. The van der Waals surface area contributed by atoms with Gasteiger partial charge in [-0.05, 0) is 75.8 Å². The first-order chi connectivity index (χ1) is 19.4. The van der Waals surface area contributed by atoms with E-state index in [1.54, 1.807) is 16.4 Å². The first-order valence-electron chi connectivity index (χ1n) is 14.9. The number of aryl methyl sites for hydroxylation is 1. The number of sulfonamides is 1. The lowest BCUT2D eigenvalue weighted by Gasteiger charge is -2.33. The molecule has 214 valence electrons. The smallest absolute Gasteiger partial charge is 0.251 e. The minimum absolute atomic E-state index is 0.0965. The fourth-order valence-corrected chi connectivity index (χ4v) is 8.07. The lowest BCUT2D eigenvalue weighted by Crippen LogP contribution is -2.38. The molecule has 3 aliphatic rings. The zero-order valence-corrected chi connectivity index (χ0v) is 24.2. The zero-order valence-electron chi connectivity index (χ0n) is 23.3. The molecule has 2 aliphatic heterocycles. The molecule has 0 radical (unpaired) electrons. The predicted octanol–water partition coefficient (Wildman–Crippen LogP) is 5.33. The lowest BCUT2D eigenvalue weighted by atomic mass is 9.93. The summed E-state index contributed by atoms with van der Waals surface area (Å²) in [5.74, 6) is 1.13. The molecular formula is C31H40N4O4S. The third kappa shape index (κ3) is 5.56. The number of piperidine rings is 1. The number of amides is 1. The monoisotopic (exact) mass is 564 g/mol. The van der Waals surface area contributed by atoms with Gasteiger partial charge < -0.3 is 14.6 Å². The van der Waals surface area contributed by atoms with Gasteiger partial charge in [-0.15, -0.1) is 0 Å². The van der Waals surface area contributed by atoms with E-state index in [2.05, 4.69) is 16.0 Å². The van der Waals surface area contributed by atoms with Crippen LogP contribution in [0, 0.1) is 6.92 Å². The maximum absolute atomic E-state index is 13.3. The highest BCUT2D eigenvalue weighted by Crippen LogP contribution is 2.38. The van der Waals surface area contributed by atoms with E-state index in [1.165, 1.54) is 19.3 Å². The van der Waals surface area contributed by atoms with Crippen LogP contribution >= 0.6 is 0 Å². The van der Waals surface area contributed by atoms with E-state index in [-0.39, 0.29) is 17.9 Å². The molecule has 1 amide bonds. The summed E-state index contributed by atoms with van der Waals surface area (Å²) in [7, 11) is -3.51. The Morgan fingerprint density at radius 1 is 0.975 bits per heavy atom. The molecule has 1 N–H and O–H groups in total. The van der Waals surface area contributed by atoms with Gasteiger partial charge in [-0.1, -0.05) is 37.0 Å². The second kappa shape index (κ2) is 11.6. The Bertz CT molecular complexity index is 1450. The zero-order chi connectivity index (χ0) is 27.7. The summed E-state index contributed by atoms with van der Waals surface area (Å²) >= 11 is 0. The second-order valence-corrected chi connectivity index (χ2v) is 13.6. The van der Waals surface area contributed by atoms with E-state index in [9.17, 15) is 13.2 Å². The predicted molar refractivity (Wildman–Crippen MR) is 155 cm³/mol. The van der Waals surface area contributed by atoms with Crippen molar-refractivity contribution < 1.29 is 17.9 Å². The molecule has 0 unspecified atom stereocenters. The van der Waals surface area contributed by atoms with Gasteiger partial charge >= 0.3 is 0 Å². The van der Waals surface area contributed by atoms with E-state index in [1.807, 2.05) is 31.2 Å². The van der Waals surface area contributed by atoms with Crippen LogP contribution in [0.4, 0.5) is 0 Å². The number of fused-ring (bicyclic) bond motifs is 1. The number of aromatic nitrogens is 2. The number of benzene rings is 2. The summed E-state index contributed by atoms with van der Waals surface area (Å²) in [4.78, 5) is 18.4. The van der Waals surface area contributed by atoms with Crippen LogP contribution in [0.5, 0.6) is 0 Å². The largest absolute Gasteiger partial charge is 0.376 e. The molecule has 1 atom stereocenters. The van der Waals surface area contributed by atoms with Crippen molar-refractivity contribution in [2.24, 2.45) is 0 Å². The summed E-state index contributed by atoms with van der Waals surface area (Å²) < 4.78 is 36.3. The Morgan fingerprint density at radius 3 is 2.42 bits per heavy atom. The summed E-state index contributed by atoms with van der Waals surface area (Å²) in [6.45, 7) is 4.21. The Hall–Kier alpha value is -2.75. The Balaban J connectivity index is 1.24. The summed E-state index contributed by atoms with van der Waals surface area (Å²) in [5.41, 5.74) is 3.58. The van der Waals surface area contributed by atoms with Gasteiger partial charge in [0, 0.05) is 43.8 Å². The van der Waals surface area contributed by atoms with Gasteiger partial charge in [-0.2, -0.15) is 4.31 Å². The molecular weight excluding hydrogens is 524 g/mol. The van der Waals surface area contributed by atoms with Crippen molar-refractivity contribution in [1.82, 2.24) is 19.2 Å². The molecule has 1 aromatic heterocycles. The number of carbonyl (C=O) groups is 1. The van der Waals surface area contributed by atoms with Gasteiger partial charge in [0.2, 0.25) is 10.0 Å². The average Bonchev–Trinajstić information content (AvgIpc) is 3.64. The molecule has 1 aliphatic carbocycles. The highest BCUT2D eigenvalue weighted by Gasteiger charge is 2.33. The van der Waals surface area contributed by atoms with Crippen molar-refractivity contribution in [3.05, 3.63) is 59.4 Å². The third-order valence-corrected chi connectivity index (χ3v) is 10.8. The van der Waals surface area contributed by atoms with Crippen LogP contribution < -0.4 is 5.32 Å². The number of nitrogens with one attached hydrogen (secondary N) is 1. The van der Waals surface area contributed by atoms with Gasteiger partial charge in [0.05, 0.1) is 22.0 Å². The molecule has 3 heterocycles. The Morgan fingerprint density at radius 2 is 1.73 bits per heavy atom. The van der Waals surface area contributed by atoms with Crippen molar-refractivity contribution in [3.63, 3.8) is 0 Å². The normalized spacial score (nSPS) is 21.7. The minimum atomic E-state index is -3.51. The number of nitrogens with zero attached hydrogens (tertiary/aromatic N) is 3. The first-order valence-corrected chi connectivity index (χ1v) is 16.3. The van der Waals surface area contributed by atoms with Crippen molar-refractivity contribution in [3.8, 4) is 0 Å². The van der Waals surface area contributed by atoms with Crippen LogP contribution in [-0.2, 0) is 14.8 Å². The highest BCUT2D eigenvalue weighted by molar-refractivity contribution is 7.89. The molecule has 6 rings (SSSR count). The molecule has 2 saturated heterocycles. The minimum Gasteiger partial charge on any atom is -0.376 e. The molecule has 1 saturated carbocycles. The standard InChI is InChI=1S/C31H40N4O4S/c1-22-9-12-27(13-10-22)40(37,38)34-17-15-23(16-18-34)30-33-28-20-24(31(36)32-21-26-8-5-19-39-26)11-14-29(28)35(30)25-6-3-2-4-7-25/h9-14,20,23,25-26H,2-8,15-19,21H2,1H3,(H,32,36)/t26-/m0/s1. The number of ether oxygens (including phenoxy) is 1. The van der Waals surface area contributed by atoms with Crippen molar-refractivity contribution in [1.29, 1.82) is 0 Å². The topological polar surface area (TPSA) is 93.5 Å². The van der Waals surface area contributed by atoms with E-state index >= 15 is 0 Å². The highest BCUT2D eigenvalue weighted by atomic mass is 32.2. The maximum Gasteiger partial charge on any atom is 0.251 e. The molecule has 8 nitrogen and oxygen atoms in total. The Kier molecular flexibility index (Phi) is 7.97. The van der Waals surface area contributed by atoms with Gasteiger partial charge in [0.15, 0.2) is 0 Å². The molecule has 9 heteroatoms. The second-order valence-electron chi connectivity index (χ2n) is 11.7. The van der Waals surface area contributed by atoms with Crippen molar-refractivity contribution in [2.75, 3.05) is 26.2 Å². The van der Waals surface area contributed by atoms with Crippen LogP contribution in [-0.4, -0.2) is 60.5 Å².